The molecule has 1 aliphatic carbocycles. The average Bonchev–Trinajstić information content (AvgIpc) is 3.07. The van der Waals surface area contributed by atoms with E-state index in [-0.39, 0.29) is 30.1 Å². The maximum atomic E-state index is 9.95. The summed E-state index contributed by atoms with van der Waals surface area (Å²) >= 11 is 0. The van der Waals surface area contributed by atoms with E-state index in [1.54, 1.807) is 0 Å². The van der Waals surface area contributed by atoms with Gasteiger partial charge in [-0.25, -0.2) is 0 Å². The zero-order valence-corrected chi connectivity index (χ0v) is 19.7. The predicted molar refractivity (Wildman–Crippen MR) is 125 cm³/mol. The maximum Gasteiger partial charge on any atom is 0.191 e. The number of benzene rings is 1. The van der Waals surface area contributed by atoms with Crippen LogP contribution < -0.4 is 20.1 Å². The molecule has 0 radical (unpaired) electrons. The molecule has 1 saturated carbocycles. The van der Waals surface area contributed by atoms with Crippen LogP contribution in [0.4, 0.5) is 0 Å². The fraction of sp³-hybridized carbons (Fsp3) is 0.667. The van der Waals surface area contributed by atoms with Crippen molar-refractivity contribution in [2.75, 3.05) is 32.8 Å². The van der Waals surface area contributed by atoms with Gasteiger partial charge in [0.1, 0.15) is 0 Å². The van der Waals surface area contributed by atoms with Gasteiger partial charge in [-0.15, -0.1) is 24.0 Å². The van der Waals surface area contributed by atoms with Crippen molar-refractivity contribution in [1.82, 2.24) is 10.6 Å². The molecule has 1 aromatic carbocycles. The predicted octanol–water partition coefficient (Wildman–Crippen LogP) is 3.36. The zero-order valence-electron chi connectivity index (χ0n) is 17.4. The molecule has 28 heavy (non-hydrogen) atoms. The minimum absolute atomic E-state index is 0. The van der Waals surface area contributed by atoms with Crippen molar-refractivity contribution < 1.29 is 14.6 Å². The summed E-state index contributed by atoms with van der Waals surface area (Å²) in [5, 5.41) is 16.6. The Morgan fingerprint density at radius 3 is 2.50 bits per heavy atom. The Balaban J connectivity index is 0.00000392. The molecular weight excluding hydrogens is 469 g/mol. The summed E-state index contributed by atoms with van der Waals surface area (Å²) in [5.74, 6) is 2.70. The van der Waals surface area contributed by atoms with Crippen molar-refractivity contribution >= 4 is 29.9 Å². The van der Waals surface area contributed by atoms with Gasteiger partial charge in [0.05, 0.1) is 19.3 Å². The van der Waals surface area contributed by atoms with Crippen LogP contribution in [0.25, 0.3) is 0 Å². The summed E-state index contributed by atoms with van der Waals surface area (Å²) in [6.07, 6.45) is 3.74. The van der Waals surface area contributed by atoms with Gasteiger partial charge in [-0.05, 0) is 57.7 Å². The summed E-state index contributed by atoms with van der Waals surface area (Å²) in [4.78, 5) is 4.65. The molecule has 1 aromatic rings. The number of halogens is 1. The molecule has 2 atom stereocenters. The third-order valence-corrected chi connectivity index (χ3v) is 4.76. The number of nitrogens with one attached hydrogen (secondary N) is 2. The quantitative estimate of drug-likeness (QED) is 0.259. The maximum absolute atomic E-state index is 9.95. The van der Waals surface area contributed by atoms with Crippen LogP contribution in [0, 0.1) is 5.92 Å². The molecule has 0 heterocycles. The first kappa shape index (κ1) is 24.8. The van der Waals surface area contributed by atoms with E-state index < -0.39 is 0 Å². The van der Waals surface area contributed by atoms with E-state index in [1.807, 2.05) is 19.9 Å². The topological polar surface area (TPSA) is 75.1 Å². The highest BCUT2D eigenvalue weighted by Crippen LogP contribution is 2.28. The van der Waals surface area contributed by atoms with E-state index in [2.05, 4.69) is 34.7 Å². The second-order valence-corrected chi connectivity index (χ2v) is 6.80. The van der Waals surface area contributed by atoms with Crippen LogP contribution in [-0.2, 0) is 6.42 Å². The first-order valence-corrected chi connectivity index (χ1v) is 10.3. The molecule has 160 valence electrons. The van der Waals surface area contributed by atoms with E-state index in [0.29, 0.717) is 25.7 Å². The van der Waals surface area contributed by atoms with Crippen LogP contribution >= 0.6 is 24.0 Å². The van der Waals surface area contributed by atoms with Crippen molar-refractivity contribution in [3.63, 3.8) is 0 Å². The summed E-state index contributed by atoms with van der Waals surface area (Å²) in [6.45, 7) is 9.51. The lowest BCUT2D eigenvalue weighted by Gasteiger charge is -2.15. The lowest BCUT2D eigenvalue weighted by molar-refractivity contribution is 0.136. The number of rotatable bonds is 10. The van der Waals surface area contributed by atoms with Crippen molar-refractivity contribution in [3.8, 4) is 11.5 Å². The molecule has 1 fully saturated rings. The molecule has 0 spiro atoms. The number of ether oxygens (including phenoxy) is 2. The largest absolute Gasteiger partial charge is 0.490 e. The summed E-state index contributed by atoms with van der Waals surface area (Å²) in [7, 11) is 0. The van der Waals surface area contributed by atoms with Crippen molar-refractivity contribution in [2.45, 2.75) is 52.6 Å². The first-order valence-electron chi connectivity index (χ1n) is 10.3. The number of aliphatic hydroxyl groups is 1. The van der Waals surface area contributed by atoms with Crippen LogP contribution in [0.2, 0.25) is 0 Å². The Morgan fingerprint density at radius 2 is 1.86 bits per heavy atom. The van der Waals surface area contributed by atoms with Gasteiger partial charge in [0.25, 0.3) is 0 Å². The summed E-state index contributed by atoms with van der Waals surface area (Å²) in [6, 6.07) is 6.11. The van der Waals surface area contributed by atoms with Gasteiger partial charge in [-0.2, -0.15) is 0 Å². The van der Waals surface area contributed by atoms with E-state index >= 15 is 0 Å². The van der Waals surface area contributed by atoms with Gasteiger partial charge < -0.3 is 25.2 Å². The number of aliphatic hydroxyl groups excluding tert-OH is 1. The molecule has 2 rings (SSSR count). The minimum atomic E-state index is -0.197. The molecule has 2 unspecified atom stereocenters. The molecule has 0 aromatic heterocycles. The lowest BCUT2D eigenvalue weighted by Crippen LogP contribution is -2.39. The monoisotopic (exact) mass is 505 g/mol. The lowest BCUT2D eigenvalue weighted by atomic mass is 10.1. The van der Waals surface area contributed by atoms with Crippen molar-refractivity contribution in [2.24, 2.45) is 10.9 Å². The zero-order chi connectivity index (χ0) is 19.5. The molecule has 7 heteroatoms. The van der Waals surface area contributed by atoms with Crippen molar-refractivity contribution in [3.05, 3.63) is 23.8 Å². The molecular formula is C21H36IN3O3. The second kappa shape index (κ2) is 13.9. The SMILES string of the molecule is CCNC(=NCC1CCCC1O)NCCc1ccc(OCC)c(OCC)c1.I. The van der Waals surface area contributed by atoms with Crippen LogP contribution in [0.5, 0.6) is 11.5 Å². The van der Waals surface area contributed by atoms with E-state index in [1.165, 1.54) is 5.56 Å². The number of aliphatic imine (C=N–C) groups is 1. The third kappa shape index (κ3) is 8.03. The standard InChI is InChI=1S/C21H35N3O3.HI/c1-4-22-21(24-15-17-8-7-9-18(17)25)23-13-12-16-10-11-19(26-5-2)20(14-16)27-6-3;/h10-11,14,17-18,25H,4-9,12-13,15H2,1-3H3,(H2,22,23,24);1H. The highest BCUT2D eigenvalue weighted by molar-refractivity contribution is 14.0. The number of hydrogen-bond donors (Lipinski definition) is 3. The average molecular weight is 505 g/mol. The molecule has 1 aliphatic rings. The van der Waals surface area contributed by atoms with Gasteiger partial charge in [0.2, 0.25) is 0 Å². The molecule has 0 saturated heterocycles. The third-order valence-electron chi connectivity index (χ3n) is 4.76. The summed E-state index contributed by atoms with van der Waals surface area (Å²) in [5.41, 5.74) is 1.19. The number of hydrogen-bond acceptors (Lipinski definition) is 4. The minimum Gasteiger partial charge on any atom is -0.490 e. The van der Waals surface area contributed by atoms with Crippen LogP contribution in [-0.4, -0.2) is 50.0 Å². The highest BCUT2D eigenvalue weighted by atomic mass is 127. The number of guanidine groups is 1. The molecule has 6 nitrogen and oxygen atoms in total. The van der Waals surface area contributed by atoms with E-state index in [4.69, 9.17) is 9.47 Å². The number of nitrogens with zero attached hydrogens (tertiary/aromatic N) is 1. The Labute approximate surface area is 186 Å². The van der Waals surface area contributed by atoms with E-state index in [9.17, 15) is 5.11 Å². The van der Waals surface area contributed by atoms with E-state index in [0.717, 1.165) is 56.2 Å². The molecule has 0 bridgehead atoms. The second-order valence-electron chi connectivity index (χ2n) is 6.80. The molecule has 0 amide bonds. The van der Waals surface area contributed by atoms with Gasteiger partial charge in [-0.1, -0.05) is 12.5 Å². The highest BCUT2D eigenvalue weighted by Gasteiger charge is 2.24. The Hall–Kier alpha value is -1.22. The van der Waals surface area contributed by atoms with Gasteiger partial charge in [0, 0.05) is 25.6 Å². The van der Waals surface area contributed by atoms with Crippen molar-refractivity contribution in [1.29, 1.82) is 0 Å². The Bertz CT molecular complexity index is 598. The van der Waals surface area contributed by atoms with Gasteiger partial charge in [0.15, 0.2) is 17.5 Å². The van der Waals surface area contributed by atoms with Gasteiger partial charge in [-0.3, -0.25) is 4.99 Å². The molecule has 0 aliphatic heterocycles. The van der Waals surface area contributed by atoms with Crippen LogP contribution in [0.15, 0.2) is 23.2 Å². The fourth-order valence-electron chi connectivity index (χ4n) is 3.36. The smallest absolute Gasteiger partial charge is 0.191 e. The van der Waals surface area contributed by atoms with Gasteiger partial charge >= 0.3 is 0 Å². The molecule has 3 N–H and O–H groups in total. The normalized spacial score (nSPS) is 19.1. The summed E-state index contributed by atoms with van der Waals surface area (Å²) < 4.78 is 11.3. The Kier molecular flexibility index (Phi) is 12.3. The Morgan fingerprint density at radius 1 is 1.11 bits per heavy atom. The fourth-order valence-corrected chi connectivity index (χ4v) is 3.36. The first-order chi connectivity index (χ1) is 13.2. The van der Waals surface area contributed by atoms with Crippen LogP contribution in [0.1, 0.15) is 45.6 Å². The van der Waals surface area contributed by atoms with Crippen LogP contribution in [0.3, 0.4) is 0 Å².